The van der Waals surface area contributed by atoms with Crippen molar-refractivity contribution >= 4 is 17.9 Å². The van der Waals surface area contributed by atoms with Crippen molar-refractivity contribution in [3.8, 4) is 0 Å². The van der Waals surface area contributed by atoms with E-state index in [4.69, 9.17) is 15.6 Å². The number of aliphatic carboxylic acids is 1. The zero-order valence-electron chi connectivity index (χ0n) is 11.3. The fourth-order valence-electron chi connectivity index (χ4n) is 1.95. The topological polar surface area (TPSA) is 131 Å². The molecule has 114 valence electrons. The first-order valence-electron chi connectivity index (χ1n) is 6.62. The summed E-state index contributed by atoms with van der Waals surface area (Å²) in [6.07, 6.45) is 1.68. The number of carboxylic acid groups (broad SMARTS) is 1. The van der Waals surface area contributed by atoms with Gasteiger partial charge in [0.25, 0.3) is 0 Å². The molecule has 0 aromatic rings. The Labute approximate surface area is 117 Å². The molecule has 1 aliphatic rings. The van der Waals surface area contributed by atoms with Gasteiger partial charge in [-0.3, -0.25) is 4.79 Å². The second-order valence-electron chi connectivity index (χ2n) is 4.81. The second kappa shape index (κ2) is 8.36. The molecule has 8 heteroatoms. The predicted molar refractivity (Wildman–Crippen MR) is 69.9 cm³/mol. The molecule has 1 saturated heterocycles. The van der Waals surface area contributed by atoms with Crippen molar-refractivity contribution in [3.05, 3.63) is 0 Å². The molecule has 0 aromatic carbocycles. The quantitative estimate of drug-likeness (QED) is 0.475. The number of primary amides is 1. The second-order valence-corrected chi connectivity index (χ2v) is 4.81. The first-order chi connectivity index (χ1) is 9.49. The maximum Gasteiger partial charge on any atom is 0.326 e. The zero-order chi connectivity index (χ0) is 15.0. The van der Waals surface area contributed by atoms with Crippen LogP contribution in [0.15, 0.2) is 0 Å². The third kappa shape index (κ3) is 6.37. The van der Waals surface area contributed by atoms with Crippen molar-refractivity contribution in [1.29, 1.82) is 0 Å². The number of hydrogen-bond donors (Lipinski definition) is 4. The summed E-state index contributed by atoms with van der Waals surface area (Å²) < 4.78 is 5.22. The van der Waals surface area contributed by atoms with Gasteiger partial charge in [-0.15, -0.1) is 0 Å². The van der Waals surface area contributed by atoms with Crippen LogP contribution in [-0.2, 0) is 14.3 Å². The summed E-state index contributed by atoms with van der Waals surface area (Å²) in [6.45, 7) is 1.92. The largest absolute Gasteiger partial charge is 0.480 e. The maximum atomic E-state index is 11.5. The monoisotopic (exact) mass is 287 g/mol. The van der Waals surface area contributed by atoms with Crippen LogP contribution in [0.25, 0.3) is 0 Å². The SMILES string of the molecule is NC(=O)CC[C@@H](NC(=O)NCCC1CCOC1)C(=O)O. The Morgan fingerprint density at radius 2 is 2.15 bits per heavy atom. The number of nitrogens with two attached hydrogens (primary N) is 1. The van der Waals surface area contributed by atoms with Gasteiger partial charge in [0.15, 0.2) is 0 Å². The summed E-state index contributed by atoms with van der Waals surface area (Å²) in [5.41, 5.74) is 4.95. The van der Waals surface area contributed by atoms with Crippen LogP contribution in [0.2, 0.25) is 0 Å². The molecule has 3 amide bonds. The number of amides is 3. The summed E-state index contributed by atoms with van der Waals surface area (Å²) in [5.74, 6) is -1.34. The Hall–Kier alpha value is -1.83. The molecule has 0 bridgehead atoms. The fraction of sp³-hybridized carbons (Fsp3) is 0.750. The lowest BCUT2D eigenvalue weighted by molar-refractivity contribution is -0.139. The summed E-state index contributed by atoms with van der Waals surface area (Å²) in [5, 5.41) is 13.8. The predicted octanol–water partition coefficient (Wildman–Crippen LogP) is -0.569. The molecule has 1 fully saturated rings. The molecule has 0 saturated carbocycles. The number of carbonyl (C=O) groups excluding carboxylic acids is 2. The van der Waals surface area contributed by atoms with Gasteiger partial charge in [-0.2, -0.15) is 0 Å². The number of nitrogens with one attached hydrogen (secondary N) is 2. The van der Waals surface area contributed by atoms with Crippen LogP contribution >= 0.6 is 0 Å². The Kier molecular flexibility index (Phi) is 6.78. The van der Waals surface area contributed by atoms with Crippen LogP contribution < -0.4 is 16.4 Å². The highest BCUT2D eigenvalue weighted by Gasteiger charge is 2.21. The normalized spacial score (nSPS) is 19.3. The molecule has 8 nitrogen and oxygen atoms in total. The molecule has 5 N–H and O–H groups in total. The molecule has 0 aromatic heterocycles. The molecule has 20 heavy (non-hydrogen) atoms. The van der Waals surface area contributed by atoms with Gasteiger partial charge in [0.05, 0.1) is 0 Å². The Bertz CT molecular complexity index is 355. The number of hydrogen-bond acceptors (Lipinski definition) is 4. The lowest BCUT2D eigenvalue weighted by atomic mass is 10.1. The van der Waals surface area contributed by atoms with E-state index in [9.17, 15) is 14.4 Å². The van der Waals surface area contributed by atoms with Gasteiger partial charge in [0.1, 0.15) is 6.04 Å². The lowest BCUT2D eigenvalue weighted by Crippen LogP contribution is -2.46. The van der Waals surface area contributed by atoms with Crippen LogP contribution in [0.4, 0.5) is 4.79 Å². The molecule has 1 rings (SSSR count). The van der Waals surface area contributed by atoms with Crippen LogP contribution in [0.1, 0.15) is 25.7 Å². The number of urea groups is 1. The van der Waals surface area contributed by atoms with E-state index in [0.29, 0.717) is 19.1 Å². The maximum absolute atomic E-state index is 11.5. The summed E-state index contributed by atoms with van der Waals surface area (Å²) >= 11 is 0. The highest BCUT2D eigenvalue weighted by atomic mass is 16.5. The first-order valence-corrected chi connectivity index (χ1v) is 6.62. The van der Waals surface area contributed by atoms with Crippen molar-refractivity contribution in [2.75, 3.05) is 19.8 Å². The zero-order valence-corrected chi connectivity index (χ0v) is 11.3. The van der Waals surface area contributed by atoms with E-state index in [1.165, 1.54) is 0 Å². The third-order valence-corrected chi connectivity index (χ3v) is 3.14. The van der Waals surface area contributed by atoms with Gasteiger partial charge in [-0.1, -0.05) is 0 Å². The van der Waals surface area contributed by atoms with Gasteiger partial charge in [0.2, 0.25) is 5.91 Å². The number of carbonyl (C=O) groups is 3. The standard InChI is InChI=1S/C12H21N3O5/c13-10(16)2-1-9(11(17)18)15-12(19)14-5-3-8-4-6-20-7-8/h8-9H,1-7H2,(H2,13,16)(H,17,18)(H2,14,15,19)/t8?,9-/m1/s1. The Balaban J connectivity index is 2.22. The van der Waals surface area contributed by atoms with E-state index in [2.05, 4.69) is 10.6 Å². The van der Waals surface area contributed by atoms with Gasteiger partial charge in [-0.25, -0.2) is 9.59 Å². The molecule has 1 aliphatic heterocycles. The number of ether oxygens (including phenoxy) is 1. The molecule has 2 atom stereocenters. The number of rotatable bonds is 8. The van der Waals surface area contributed by atoms with E-state index in [1.807, 2.05) is 0 Å². The molecular weight excluding hydrogens is 266 g/mol. The van der Waals surface area contributed by atoms with Crippen LogP contribution in [0.3, 0.4) is 0 Å². The van der Waals surface area contributed by atoms with Crippen LogP contribution in [-0.4, -0.2) is 48.8 Å². The highest BCUT2D eigenvalue weighted by molar-refractivity contribution is 5.83. The van der Waals surface area contributed by atoms with Crippen molar-refractivity contribution in [2.24, 2.45) is 11.7 Å². The summed E-state index contributed by atoms with van der Waals surface area (Å²) in [4.78, 5) is 33.1. The van der Waals surface area contributed by atoms with E-state index >= 15 is 0 Å². The molecular formula is C12H21N3O5. The third-order valence-electron chi connectivity index (χ3n) is 3.14. The van der Waals surface area contributed by atoms with Crippen LogP contribution in [0, 0.1) is 5.92 Å². The first kappa shape index (κ1) is 16.2. The molecule has 0 aliphatic carbocycles. The van der Waals surface area contributed by atoms with Gasteiger partial charge >= 0.3 is 12.0 Å². The molecule has 1 heterocycles. The Morgan fingerprint density at radius 1 is 1.40 bits per heavy atom. The average Bonchev–Trinajstić information content (AvgIpc) is 2.87. The molecule has 1 unspecified atom stereocenters. The van der Waals surface area contributed by atoms with E-state index < -0.39 is 23.9 Å². The van der Waals surface area contributed by atoms with Crippen LogP contribution in [0.5, 0.6) is 0 Å². The number of carboxylic acids is 1. The van der Waals surface area contributed by atoms with Crippen molar-refractivity contribution in [1.82, 2.24) is 10.6 Å². The van der Waals surface area contributed by atoms with Crippen molar-refractivity contribution in [2.45, 2.75) is 31.7 Å². The van der Waals surface area contributed by atoms with Gasteiger partial charge < -0.3 is 26.2 Å². The van der Waals surface area contributed by atoms with E-state index in [1.54, 1.807) is 0 Å². The minimum atomic E-state index is -1.19. The fourth-order valence-corrected chi connectivity index (χ4v) is 1.95. The van der Waals surface area contributed by atoms with Crippen molar-refractivity contribution < 1.29 is 24.2 Å². The van der Waals surface area contributed by atoms with Gasteiger partial charge in [-0.05, 0) is 25.2 Å². The molecule has 0 spiro atoms. The summed E-state index contributed by atoms with van der Waals surface area (Å²) in [7, 11) is 0. The summed E-state index contributed by atoms with van der Waals surface area (Å²) in [6, 6.07) is -1.67. The smallest absolute Gasteiger partial charge is 0.326 e. The van der Waals surface area contributed by atoms with E-state index in [-0.39, 0.29) is 12.8 Å². The highest BCUT2D eigenvalue weighted by Crippen LogP contribution is 2.15. The molecule has 0 radical (unpaired) electrons. The minimum Gasteiger partial charge on any atom is -0.480 e. The van der Waals surface area contributed by atoms with E-state index in [0.717, 1.165) is 19.4 Å². The van der Waals surface area contributed by atoms with Crippen molar-refractivity contribution in [3.63, 3.8) is 0 Å². The Morgan fingerprint density at radius 3 is 2.70 bits per heavy atom. The average molecular weight is 287 g/mol. The lowest BCUT2D eigenvalue weighted by Gasteiger charge is -2.15. The minimum absolute atomic E-state index is 0.0193. The van der Waals surface area contributed by atoms with Gasteiger partial charge in [0, 0.05) is 26.2 Å².